The van der Waals surface area contributed by atoms with Crippen LogP contribution in [0.1, 0.15) is 32.0 Å². The van der Waals surface area contributed by atoms with E-state index >= 15 is 0 Å². The monoisotopic (exact) mass is 381 g/mol. The third-order valence-corrected chi connectivity index (χ3v) is 4.35. The largest absolute Gasteiger partial charge is 0.369 e. The van der Waals surface area contributed by atoms with Crippen LogP contribution < -0.4 is 5.32 Å². The van der Waals surface area contributed by atoms with Crippen molar-refractivity contribution in [1.29, 1.82) is 0 Å². The number of aromatic nitrogens is 2. The van der Waals surface area contributed by atoms with Crippen LogP contribution in [0.2, 0.25) is 0 Å². The molecule has 4 heteroatoms. The lowest BCUT2D eigenvalue weighted by atomic mass is 10.1. The van der Waals surface area contributed by atoms with Crippen LogP contribution in [0.25, 0.3) is 11.4 Å². The van der Waals surface area contributed by atoms with Gasteiger partial charge < -0.3 is 5.32 Å². The van der Waals surface area contributed by atoms with Gasteiger partial charge in [0.1, 0.15) is 5.82 Å². The number of halogens is 1. The van der Waals surface area contributed by atoms with E-state index in [0.29, 0.717) is 0 Å². The van der Waals surface area contributed by atoms with Crippen molar-refractivity contribution in [3.8, 4) is 11.4 Å². The van der Waals surface area contributed by atoms with Gasteiger partial charge in [0, 0.05) is 12.1 Å². The minimum absolute atomic E-state index is 0.806. The maximum atomic E-state index is 4.70. The fourth-order valence-corrected chi connectivity index (χ4v) is 2.84. The Morgan fingerprint density at radius 1 is 1.00 bits per heavy atom. The van der Waals surface area contributed by atoms with Gasteiger partial charge in [0.05, 0.1) is 9.26 Å². The smallest absolute Gasteiger partial charge is 0.161 e. The van der Waals surface area contributed by atoms with Crippen LogP contribution >= 0.6 is 22.6 Å². The lowest BCUT2D eigenvalue weighted by Gasteiger charge is -2.11. The Bertz CT molecular complexity index is 579. The summed E-state index contributed by atoms with van der Waals surface area (Å²) in [7, 11) is 0. The van der Waals surface area contributed by atoms with Crippen molar-refractivity contribution in [3.05, 3.63) is 39.1 Å². The number of benzene rings is 1. The Hall–Kier alpha value is -1.17. The van der Waals surface area contributed by atoms with Gasteiger partial charge in [-0.25, -0.2) is 9.97 Å². The minimum atomic E-state index is 0.806. The van der Waals surface area contributed by atoms with E-state index in [2.05, 4.69) is 77.9 Å². The predicted octanol–water partition coefficient (Wildman–Crippen LogP) is 4.30. The quantitative estimate of drug-likeness (QED) is 0.785. The lowest BCUT2D eigenvalue weighted by Crippen LogP contribution is -2.07. The second-order valence-electron chi connectivity index (χ2n) is 4.59. The van der Waals surface area contributed by atoms with Gasteiger partial charge in [-0.15, -0.1) is 0 Å². The summed E-state index contributed by atoms with van der Waals surface area (Å²) >= 11 is 2.32. The number of nitrogens with one attached hydrogen (secondary N) is 1. The number of aryl methyl sites for hydroxylation is 2. The summed E-state index contributed by atoms with van der Waals surface area (Å²) < 4.78 is 1.13. The average molecular weight is 381 g/mol. The summed E-state index contributed by atoms with van der Waals surface area (Å²) in [6.07, 6.45) is 1.97. The molecule has 0 unspecified atom stereocenters. The first kappa shape index (κ1) is 15.2. The number of hydrogen-bond acceptors (Lipinski definition) is 3. The summed E-state index contributed by atoms with van der Waals surface area (Å²) in [6.45, 7) is 7.24. The molecule has 0 saturated heterocycles. The molecule has 0 fully saturated rings. The minimum Gasteiger partial charge on any atom is -0.369 e. The second-order valence-corrected chi connectivity index (χ2v) is 5.67. The van der Waals surface area contributed by atoms with Crippen LogP contribution in [0, 0.1) is 3.57 Å². The van der Waals surface area contributed by atoms with Crippen LogP contribution in [0.5, 0.6) is 0 Å². The molecule has 0 saturated carbocycles. The van der Waals surface area contributed by atoms with Gasteiger partial charge in [0.2, 0.25) is 0 Å². The molecule has 1 aromatic carbocycles. The molecule has 2 aromatic rings. The average Bonchev–Trinajstić information content (AvgIpc) is 2.49. The fraction of sp³-hybridized carbons (Fsp3) is 0.375. The lowest BCUT2D eigenvalue weighted by molar-refractivity contribution is 0.982. The summed E-state index contributed by atoms with van der Waals surface area (Å²) in [4.78, 5) is 9.37. The molecule has 3 nitrogen and oxygen atoms in total. The van der Waals surface area contributed by atoms with E-state index in [4.69, 9.17) is 4.98 Å². The molecule has 1 N–H and O–H groups in total. The van der Waals surface area contributed by atoms with Crippen LogP contribution in [0.3, 0.4) is 0 Å². The van der Waals surface area contributed by atoms with Crippen molar-refractivity contribution >= 4 is 28.4 Å². The van der Waals surface area contributed by atoms with E-state index < -0.39 is 0 Å². The second kappa shape index (κ2) is 7.02. The zero-order chi connectivity index (χ0) is 14.5. The van der Waals surface area contributed by atoms with Crippen LogP contribution in [-0.2, 0) is 12.8 Å². The highest BCUT2D eigenvalue weighted by molar-refractivity contribution is 14.1. The third kappa shape index (κ3) is 3.29. The summed E-state index contributed by atoms with van der Waals surface area (Å²) in [6, 6.07) is 8.51. The molecule has 0 aliphatic rings. The van der Waals surface area contributed by atoms with Crippen LogP contribution in [0.15, 0.2) is 24.3 Å². The number of hydrogen-bond donors (Lipinski definition) is 1. The van der Waals surface area contributed by atoms with Gasteiger partial charge in [0.25, 0.3) is 0 Å². The zero-order valence-corrected chi connectivity index (χ0v) is 14.4. The highest BCUT2D eigenvalue weighted by Crippen LogP contribution is 2.24. The Morgan fingerprint density at radius 3 is 2.25 bits per heavy atom. The molecule has 0 aliphatic heterocycles. The van der Waals surface area contributed by atoms with E-state index in [1.807, 2.05) is 0 Å². The van der Waals surface area contributed by atoms with Gasteiger partial charge in [-0.05, 0) is 47.9 Å². The van der Waals surface area contributed by atoms with Gasteiger partial charge in [-0.1, -0.05) is 38.1 Å². The first-order valence-corrected chi connectivity index (χ1v) is 8.17. The maximum absolute atomic E-state index is 4.70. The molecule has 0 amide bonds. The Labute approximate surface area is 134 Å². The van der Waals surface area contributed by atoms with E-state index in [1.54, 1.807) is 0 Å². The normalized spacial score (nSPS) is 10.6. The molecular formula is C16H20IN3. The summed E-state index contributed by atoms with van der Waals surface area (Å²) in [5.41, 5.74) is 3.51. The predicted molar refractivity (Wildman–Crippen MR) is 93.1 cm³/mol. The Morgan fingerprint density at radius 2 is 1.70 bits per heavy atom. The first-order chi connectivity index (χ1) is 9.69. The number of nitrogens with zero attached hydrogens (tertiary/aromatic N) is 2. The zero-order valence-electron chi connectivity index (χ0n) is 12.2. The van der Waals surface area contributed by atoms with Crippen molar-refractivity contribution in [3.63, 3.8) is 0 Å². The Balaban J connectivity index is 2.46. The molecule has 1 heterocycles. The van der Waals surface area contributed by atoms with E-state index in [9.17, 15) is 0 Å². The molecule has 0 spiro atoms. The molecule has 2 rings (SSSR count). The molecule has 0 bridgehead atoms. The van der Waals surface area contributed by atoms with Crippen molar-refractivity contribution in [1.82, 2.24) is 9.97 Å². The highest BCUT2D eigenvalue weighted by Gasteiger charge is 2.11. The molecule has 1 aromatic heterocycles. The number of anilines is 1. The van der Waals surface area contributed by atoms with E-state index in [0.717, 1.165) is 45.9 Å². The van der Waals surface area contributed by atoms with Crippen molar-refractivity contribution in [2.24, 2.45) is 0 Å². The van der Waals surface area contributed by atoms with Gasteiger partial charge in [0.15, 0.2) is 5.82 Å². The SMILES string of the molecule is CCNc1nc(-c2ccc(CC)cc2)nc(CC)c1I. The molecule has 0 aliphatic carbocycles. The third-order valence-electron chi connectivity index (χ3n) is 3.22. The molecule has 106 valence electrons. The Kier molecular flexibility index (Phi) is 5.34. The maximum Gasteiger partial charge on any atom is 0.161 e. The molecular weight excluding hydrogens is 361 g/mol. The van der Waals surface area contributed by atoms with E-state index in [1.165, 1.54) is 5.56 Å². The summed E-state index contributed by atoms with van der Waals surface area (Å²) in [5.74, 6) is 1.75. The van der Waals surface area contributed by atoms with E-state index in [-0.39, 0.29) is 0 Å². The number of rotatable bonds is 5. The van der Waals surface area contributed by atoms with Crippen LogP contribution in [0.4, 0.5) is 5.82 Å². The first-order valence-electron chi connectivity index (χ1n) is 7.09. The standard InChI is InChI=1S/C16H20IN3/c1-4-11-7-9-12(10-8-11)15-19-13(5-2)14(17)16(20-15)18-6-3/h7-10H,4-6H2,1-3H3,(H,18,19,20). The van der Waals surface area contributed by atoms with Gasteiger partial charge in [-0.3, -0.25) is 0 Å². The fourth-order valence-electron chi connectivity index (χ4n) is 2.03. The molecule has 20 heavy (non-hydrogen) atoms. The van der Waals surface area contributed by atoms with Crippen molar-refractivity contribution in [2.75, 3.05) is 11.9 Å². The van der Waals surface area contributed by atoms with Gasteiger partial charge in [-0.2, -0.15) is 0 Å². The topological polar surface area (TPSA) is 37.8 Å². The van der Waals surface area contributed by atoms with Gasteiger partial charge >= 0.3 is 0 Å². The van der Waals surface area contributed by atoms with Crippen molar-refractivity contribution < 1.29 is 0 Å². The van der Waals surface area contributed by atoms with Crippen LogP contribution in [-0.4, -0.2) is 16.5 Å². The molecule has 0 radical (unpaired) electrons. The summed E-state index contributed by atoms with van der Waals surface area (Å²) in [5, 5.41) is 3.32. The highest BCUT2D eigenvalue weighted by atomic mass is 127. The molecule has 0 atom stereocenters. The van der Waals surface area contributed by atoms with Crippen molar-refractivity contribution in [2.45, 2.75) is 33.6 Å².